The van der Waals surface area contributed by atoms with Crippen LogP contribution in [-0.4, -0.2) is 25.1 Å². The topological polar surface area (TPSA) is 41.6 Å². The molecule has 1 N–H and O–H groups in total. The molecule has 4 heteroatoms. The third-order valence-electron chi connectivity index (χ3n) is 5.56. The van der Waals surface area contributed by atoms with Crippen molar-refractivity contribution >= 4 is 11.6 Å². The van der Waals surface area contributed by atoms with Crippen molar-refractivity contribution in [1.29, 1.82) is 0 Å². The van der Waals surface area contributed by atoms with Gasteiger partial charge in [0.2, 0.25) is 0 Å². The lowest BCUT2D eigenvalue weighted by molar-refractivity contribution is -0.127. The number of nitrogens with one attached hydrogen (secondary N) is 1. The van der Waals surface area contributed by atoms with Crippen molar-refractivity contribution in [2.45, 2.75) is 59.6 Å². The summed E-state index contributed by atoms with van der Waals surface area (Å²) in [4.78, 5) is 14.9. The number of amides is 1. The number of rotatable bonds is 6. The summed E-state index contributed by atoms with van der Waals surface area (Å²) in [5.41, 5.74) is 5.77. The van der Waals surface area contributed by atoms with Crippen molar-refractivity contribution in [3.05, 3.63) is 58.7 Å². The number of carbonyl (C=O) groups excluding carboxylic acids is 1. The van der Waals surface area contributed by atoms with E-state index in [0.717, 1.165) is 35.5 Å². The molecule has 1 aliphatic rings. The largest absolute Gasteiger partial charge is 0.481 e. The Morgan fingerprint density at radius 2 is 1.75 bits per heavy atom. The molecule has 1 fully saturated rings. The average molecular weight is 381 g/mol. The molecule has 2 aromatic carbocycles. The van der Waals surface area contributed by atoms with E-state index in [4.69, 9.17) is 4.74 Å². The van der Waals surface area contributed by atoms with E-state index < -0.39 is 6.10 Å². The van der Waals surface area contributed by atoms with Gasteiger partial charge in [-0.05, 0) is 87.4 Å². The van der Waals surface area contributed by atoms with Gasteiger partial charge < -0.3 is 15.0 Å². The van der Waals surface area contributed by atoms with Crippen molar-refractivity contribution in [3.8, 4) is 5.75 Å². The Balaban J connectivity index is 1.53. The molecule has 0 unspecified atom stereocenters. The van der Waals surface area contributed by atoms with Gasteiger partial charge in [0.25, 0.3) is 5.91 Å². The molecule has 3 rings (SSSR count). The highest BCUT2D eigenvalue weighted by Gasteiger charge is 2.16. The zero-order chi connectivity index (χ0) is 20.1. The molecule has 1 heterocycles. The van der Waals surface area contributed by atoms with Crippen molar-refractivity contribution in [2.75, 3.05) is 18.0 Å². The minimum absolute atomic E-state index is 0.0985. The van der Waals surface area contributed by atoms with Gasteiger partial charge in [-0.25, -0.2) is 0 Å². The van der Waals surface area contributed by atoms with Gasteiger partial charge in [0.05, 0.1) is 0 Å². The van der Waals surface area contributed by atoms with Gasteiger partial charge in [-0.2, -0.15) is 0 Å². The van der Waals surface area contributed by atoms with Crippen LogP contribution in [0.3, 0.4) is 0 Å². The molecular formula is C24H32N2O2. The van der Waals surface area contributed by atoms with Crippen molar-refractivity contribution in [2.24, 2.45) is 0 Å². The lowest BCUT2D eigenvalue weighted by Crippen LogP contribution is -2.36. The Bertz CT molecular complexity index is 808. The monoisotopic (exact) mass is 380 g/mol. The summed E-state index contributed by atoms with van der Waals surface area (Å²) < 4.78 is 5.94. The highest BCUT2D eigenvalue weighted by atomic mass is 16.5. The van der Waals surface area contributed by atoms with Crippen LogP contribution in [0.25, 0.3) is 0 Å². The van der Waals surface area contributed by atoms with Gasteiger partial charge in [-0.15, -0.1) is 0 Å². The van der Waals surface area contributed by atoms with E-state index >= 15 is 0 Å². The van der Waals surface area contributed by atoms with Crippen LogP contribution in [0.1, 0.15) is 48.4 Å². The summed E-state index contributed by atoms with van der Waals surface area (Å²) in [6.45, 7) is 10.7. The van der Waals surface area contributed by atoms with Gasteiger partial charge >= 0.3 is 0 Å². The van der Waals surface area contributed by atoms with E-state index in [1.807, 2.05) is 19.9 Å². The second-order valence-corrected chi connectivity index (χ2v) is 7.90. The maximum atomic E-state index is 12.5. The van der Waals surface area contributed by atoms with Crippen LogP contribution < -0.4 is 15.0 Å². The molecule has 0 aliphatic carbocycles. The van der Waals surface area contributed by atoms with Gasteiger partial charge in [0, 0.05) is 25.3 Å². The maximum absolute atomic E-state index is 12.5. The van der Waals surface area contributed by atoms with E-state index in [1.165, 1.54) is 30.5 Å². The predicted molar refractivity (Wildman–Crippen MR) is 115 cm³/mol. The molecule has 0 spiro atoms. The first-order chi connectivity index (χ1) is 13.4. The Labute approximate surface area is 168 Å². The first-order valence-corrected chi connectivity index (χ1v) is 10.3. The smallest absolute Gasteiger partial charge is 0.261 e. The van der Waals surface area contributed by atoms with E-state index in [2.05, 4.69) is 47.5 Å². The van der Waals surface area contributed by atoms with Gasteiger partial charge in [0.15, 0.2) is 6.10 Å². The lowest BCUT2D eigenvalue weighted by atomic mass is 10.1. The van der Waals surface area contributed by atoms with Crippen molar-refractivity contribution < 1.29 is 9.53 Å². The molecule has 28 heavy (non-hydrogen) atoms. The minimum Gasteiger partial charge on any atom is -0.481 e. The van der Waals surface area contributed by atoms with Crippen LogP contribution in [0.5, 0.6) is 5.75 Å². The first kappa shape index (κ1) is 20.2. The summed E-state index contributed by atoms with van der Waals surface area (Å²) in [5.74, 6) is 0.685. The average Bonchev–Trinajstić information content (AvgIpc) is 2.70. The first-order valence-electron chi connectivity index (χ1n) is 10.3. The van der Waals surface area contributed by atoms with Gasteiger partial charge in [-0.1, -0.05) is 18.2 Å². The molecule has 4 nitrogen and oxygen atoms in total. The highest BCUT2D eigenvalue weighted by Crippen LogP contribution is 2.24. The Morgan fingerprint density at radius 1 is 1.07 bits per heavy atom. The molecule has 0 saturated carbocycles. The summed E-state index contributed by atoms with van der Waals surface area (Å²) in [6.07, 6.45) is 3.35. The minimum atomic E-state index is -0.535. The number of nitrogens with zero attached hydrogens (tertiary/aromatic N) is 1. The molecule has 2 aromatic rings. The van der Waals surface area contributed by atoms with Crippen LogP contribution >= 0.6 is 0 Å². The van der Waals surface area contributed by atoms with Crippen LogP contribution in [0.4, 0.5) is 5.69 Å². The number of hydrogen-bond donors (Lipinski definition) is 1. The van der Waals surface area contributed by atoms with Crippen LogP contribution in [0, 0.1) is 20.8 Å². The molecule has 1 amide bonds. The molecule has 0 radical (unpaired) electrons. The number of aryl methyl sites for hydroxylation is 2. The number of piperidine rings is 1. The maximum Gasteiger partial charge on any atom is 0.261 e. The second-order valence-electron chi connectivity index (χ2n) is 7.90. The number of carbonyl (C=O) groups is 1. The van der Waals surface area contributed by atoms with Crippen LogP contribution in [0.15, 0.2) is 36.4 Å². The van der Waals surface area contributed by atoms with Crippen LogP contribution in [-0.2, 0) is 11.3 Å². The second kappa shape index (κ2) is 9.13. The third-order valence-corrected chi connectivity index (χ3v) is 5.56. The predicted octanol–water partition coefficient (Wildman–Crippen LogP) is 4.69. The standard InChI is InChI=1S/C24H32N2O2/c1-17-14-18(2)19(3)23(15-17)28-20(4)24(27)25-16-21-8-10-22(11-9-21)26-12-6-5-7-13-26/h8-11,14-15,20H,5-7,12-13,16H2,1-4H3,(H,25,27)/t20-/m0/s1. The Kier molecular flexibility index (Phi) is 6.61. The summed E-state index contributed by atoms with van der Waals surface area (Å²) in [7, 11) is 0. The molecule has 150 valence electrons. The zero-order valence-electron chi connectivity index (χ0n) is 17.5. The number of hydrogen-bond acceptors (Lipinski definition) is 3. The van der Waals surface area contributed by atoms with Gasteiger partial charge in [-0.3, -0.25) is 4.79 Å². The normalized spacial score (nSPS) is 15.2. The molecular weight excluding hydrogens is 348 g/mol. The van der Waals surface area contributed by atoms with Crippen molar-refractivity contribution in [1.82, 2.24) is 5.32 Å². The number of anilines is 1. The number of benzene rings is 2. The Hall–Kier alpha value is -2.49. The SMILES string of the molecule is Cc1cc(C)c(C)c(O[C@@H](C)C(=O)NCc2ccc(N3CCCCC3)cc2)c1. The van der Waals surface area contributed by atoms with E-state index in [9.17, 15) is 4.79 Å². The lowest BCUT2D eigenvalue weighted by Gasteiger charge is -2.28. The molecule has 0 aromatic heterocycles. The number of ether oxygens (including phenoxy) is 1. The Morgan fingerprint density at radius 3 is 2.43 bits per heavy atom. The highest BCUT2D eigenvalue weighted by molar-refractivity contribution is 5.80. The summed E-state index contributed by atoms with van der Waals surface area (Å²) >= 11 is 0. The van der Waals surface area contributed by atoms with Gasteiger partial charge in [0.1, 0.15) is 5.75 Å². The summed E-state index contributed by atoms with van der Waals surface area (Å²) in [5, 5.41) is 2.99. The third kappa shape index (κ3) is 5.06. The molecule has 1 aliphatic heterocycles. The van der Waals surface area contributed by atoms with E-state index in [1.54, 1.807) is 6.92 Å². The fourth-order valence-electron chi connectivity index (χ4n) is 3.68. The van der Waals surface area contributed by atoms with Crippen LogP contribution in [0.2, 0.25) is 0 Å². The molecule has 0 bridgehead atoms. The quantitative estimate of drug-likeness (QED) is 0.791. The van der Waals surface area contributed by atoms with Crippen molar-refractivity contribution in [3.63, 3.8) is 0 Å². The fourth-order valence-corrected chi connectivity index (χ4v) is 3.68. The molecule has 1 atom stereocenters. The van der Waals surface area contributed by atoms with E-state index in [-0.39, 0.29) is 5.91 Å². The summed E-state index contributed by atoms with van der Waals surface area (Å²) in [6, 6.07) is 12.6. The zero-order valence-corrected chi connectivity index (χ0v) is 17.5. The molecule has 1 saturated heterocycles. The van der Waals surface area contributed by atoms with E-state index in [0.29, 0.717) is 6.54 Å². The fraction of sp³-hybridized carbons (Fsp3) is 0.458.